The molecule has 1 aliphatic heterocycles. The molecule has 3 atom stereocenters. The lowest BCUT2D eigenvalue weighted by Crippen LogP contribution is -2.39. The molecule has 25 heavy (non-hydrogen) atoms. The zero-order valence-electron chi connectivity index (χ0n) is 15.7. The van der Waals surface area contributed by atoms with Crippen LogP contribution in [0, 0.1) is 22.2 Å². The van der Waals surface area contributed by atoms with Crippen LogP contribution in [0.1, 0.15) is 45.6 Å². The van der Waals surface area contributed by atoms with Crippen molar-refractivity contribution >= 4 is 0 Å². The number of nitrogens with zero attached hydrogens (tertiary/aromatic N) is 2. The fraction of sp³-hybridized carbons (Fsp3) is 0.667. The van der Waals surface area contributed by atoms with Crippen LogP contribution in [-0.2, 0) is 6.42 Å². The van der Waals surface area contributed by atoms with Crippen molar-refractivity contribution in [1.82, 2.24) is 4.90 Å². The number of β-amino-alcohol motifs (C(OH)–C–C–N with tert-alkyl or cyclic N) is 1. The maximum absolute atomic E-state index is 10.4. The Bertz CT molecular complexity index is 634. The molecule has 1 saturated carbocycles. The van der Waals surface area contributed by atoms with Crippen molar-refractivity contribution in [2.75, 3.05) is 19.7 Å². The molecule has 2 aliphatic rings. The van der Waals surface area contributed by atoms with E-state index in [4.69, 9.17) is 10.00 Å². The number of benzene rings is 1. The van der Waals surface area contributed by atoms with Crippen molar-refractivity contribution in [3.8, 4) is 11.8 Å². The second-order valence-corrected chi connectivity index (χ2v) is 9.09. The molecule has 0 unspecified atom stereocenters. The fourth-order valence-electron chi connectivity index (χ4n) is 5.10. The highest BCUT2D eigenvalue weighted by atomic mass is 16.5. The summed E-state index contributed by atoms with van der Waals surface area (Å²) in [5.41, 5.74) is 1.78. The Balaban J connectivity index is 1.50. The minimum atomic E-state index is -0.482. The zero-order valence-corrected chi connectivity index (χ0v) is 15.7. The Morgan fingerprint density at radius 1 is 1.28 bits per heavy atom. The maximum atomic E-state index is 10.4. The lowest BCUT2D eigenvalue weighted by molar-refractivity contribution is 0.0585. The monoisotopic (exact) mass is 342 g/mol. The first kappa shape index (κ1) is 18.2. The van der Waals surface area contributed by atoms with Crippen LogP contribution in [0.15, 0.2) is 24.3 Å². The topological polar surface area (TPSA) is 56.5 Å². The largest absolute Gasteiger partial charge is 0.491 e. The molecule has 0 spiro atoms. The van der Waals surface area contributed by atoms with E-state index in [9.17, 15) is 5.11 Å². The molecule has 1 heterocycles. The molecule has 4 heteroatoms. The third kappa shape index (κ3) is 4.54. The number of aliphatic hydroxyl groups is 1. The summed E-state index contributed by atoms with van der Waals surface area (Å²) >= 11 is 0. The van der Waals surface area contributed by atoms with Gasteiger partial charge in [0.1, 0.15) is 18.5 Å². The first-order valence-corrected chi connectivity index (χ1v) is 9.29. The molecular weight excluding hydrogens is 312 g/mol. The number of ether oxygens (including phenoxy) is 1. The van der Waals surface area contributed by atoms with Gasteiger partial charge in [0.25, 0.3) is 0 Å². The molecule has 1 aromatic rings. The Hall–Kier alpha value is -1.57. The summed E-state index contributed by atoms with van der Waals surface area (Å²) in [5, 5.41) is 19.1. The molecule has 1 saturated heterocycles. The number of nitriles is 1. The van der Waals surface area contributed by atoms with Crippen molar-refractivity contribution in [2.45, 2.75) is 58.6 Å². The van der Waals surface area contributed by atoms with E-state index in [0.29, 0.717) is 36.4 Å². The highest BCUT2D eigenvalue weighted by molar-refractivity contribution is 5.28. The smallest absolute Gasteiger partial charge is 0.119 e. The van der Waals surface area contributed by atoms with Crippen LogP contribution in [0.3, 0.4) is 0 Å². The number of fused-ring (bicyclic) bond motifs is 2. The maximum Gasteiger partial charge on any atom is 0.119 e. The van der Waals surface area contributed by atoms with Gasteiger partial charge in [-0.15, -0.1) is 0 Å². The van der Waals surface area contributed by atoms with Crippen LogP contribution in [-0.4, -0.2) is 41.8 Å². The lowest BCUT2D eigenvalue weighted by Gasteiger charge is -2.40. The third-order valence-corrected chi connectivity index (χ3v) is 5.62. The minimum absolute atomic E-state index is 0.306. The molecule has 0 amide bonds. The fourth-order valence-corrected chi connectivity index (χ4v) is 5.10. The molecule has 1 aliphatic carbocycles. The van der Waals surface area contributed by atoms with Gasteiger partial charge < -0.3 is 9.84 Å². The second-order valence-electron chi connectivity index (χ2n) is 9.09. The molecule has 4 nitrogen and oxygen atoms in total. The summed E-state index contributed by atoms with van der Waals surface area (Å²) in [6, 6.07) is 10.3. The molecule has 1 aromatic carbocycles. The third-order valence-electron chi connectivity index (χ3n) is 5.62. The van der Waals surface area contributed by atoms with Gasteiger partial charge in [-0.1, -0.05) is 32.9 Å². The normalized spacial score (nSPS) is 29.2. The van der Waals surface area contributed by atoms with Crippen LogP contribution in [0.5, 0.6) is 5.75 Å². The molecule has 0 aromatic heterocycles. The predicted molar refractivity (Wildman–Crippen MR) is 98.4 cm³/mol. The summed E-state index contributed by atoms with van der Waals surface area (Å²) in [7, 11) is 0. The molecule has 136 valence electrons. The average Bonchev–Trinajstić information content (AvgIpc) is 2.75. The van der Waals surface area contributed by atoms with E-state index >= 15 is 0 Å². The van der Waals surface area contributed by atoms with E-state index in [2.05, 4.69) is 31.7 Å². The summed E-state index contributed by atoms with van der Waals surface area (Å²) in [6.07, 6.45) is 3.68. The molecule has 3 rings (SSSR count). The highest BCUT2D eigenvalue weighted by Gasteiger charge is 2.49. The predicted octanol–water partition coefficient (Wildman–Crippen LogP) is 3.39. The van der Waals surface area contributed by atoms with Gasteiger partial charge in [0.15, 0.2) is 0 Å². The number of rotatable bonds is 6. The first-order chi connectivity index (χ1) is 11.8. The van der Waals surface area contributed by atoms with Gasteiger partial charge in [0, 0.05) is 19.1 Å². The van der Waals surface area contributed by atoms with Crippen LogP contribution in [0.4, 0.5) is 0 Å². The quantitative estimate of drug-likeness (QED) is 0.861. The van der Waals surface area contributed by atoms with E-state index in [1.54, 1.807) is 0 Å². The van der Waals surface area contributed by atoms with Crippen LogP contribution >= 0.6 is 0 Å². The average molecular weight is 342 g/mol. The molecule has 2 fully saturated rings. The Kier molecular flexibility index (Phi) is 5.09. The van der Waals surface area contributed by atoms with E-state index in [0.717, 1.165) is 17.9 Å². The van der Waals surface area contributed by atoms with Crippen LogP contribution < -0.4 is 4.74 Å². The number of aliphatic hydroxyl groups excluding tert-OH is 1. The number of hydrogen-bond donors (Lipinski definition) is 1. The standard InChI is InChI=1S/C21H30N2O2/c1-20(2)10-17-11-21(3,14-20)15-23(17)12-18(24)13-25-19-6-4-16(5-7-19)8-9-22/h4-7,17-18,24H,8,10-15H2,1-3H3/t17-,18-,21-/m0/s1. The van der Waals surface area contributed by atoms with Gasteiger partial charge in [-0.2, -0.15) is 5.26 Å². The van der Waals surface area contributed by atoms with Gasteiger partial charge >= 0.3 is 0 Å². The van der Waals surface area contributed by atoms with Gasteiger partial charge in [-0.3, -0.25) is 4.90 Å². The number of likely N-dealkylation sites (tertiary alicyclic amines) is 1. The van der Waals surface area contributed by atoms with E-state index in [1.165, 1.54) is 19.3 Å². The van der Waals surface area contributed by atoms with Crippen molar-refractivity contribution in [3.63, 3.8) is 0 Å². The molecule has 0 radical (unpaired) electrons. The van der Waals surface area contributed by atoms with Crippen molar-refractivity contribution in [2.24, 2.45) is 10.8 Å². The van der Waals surface area contributed by atoms with E-state index < -0.39 is 6.10 Å². The summed E-state index contributed by atoms with van der Waals surface area (Å²) in [6.45, 7) is 9.21. The van der Waals surface area contributed by atoms with Gasteiger partial charge in [-0.25, -0.2) is 0 Å². The summed E-state index contributed by atoms with van der Waals surface area (Å²) in [5.74, 6) is 0.744. The Labute approximate surface area is 151 Å². The van der Waals surface area contributed by atoms with Gasteiger partial charge in [0.05, 0.1) is 12.5 Å². The lowest BCUT2D eigenvalue weighted by atomic mass is 9.65. The van der Waals surface area contributed by atoms with Crippen molar-refractivity contribution in [1.29, 1.82) is 5.26 Å². The van der Waals surface area contributed by atoms with Gasteiger partial charge in [0.2, 0.25) is 0 Å². The Morgan fingerprint density at radius 2 is 2.00 bits per heavy atom. The first-order valence-electron chi connectivity index (χ1n) is 9.29. The molecular formula is C21H30N2O2. The van der Waals surface area contributed by atoms with Crippen LogP contribution in [0.25, 0.3) is 0 Å². The van der Waals surface area contributed by atoms with Crippen molar-refractivity contribution in [3.05, 3.63) is 29.8 Å². The Morgan fingerprint density at radius 3 is 2.68 bits per heavy atom. The summed E-state index contributed by atoms with van der Waals surface area (Å²) < 4.78 is 5.73. The molecule has 2 bridgehead atoms. The highest BCUT2D eigenvalue weighted by Crippen LogP contribution is 2.52. The van der Waals surface area contributed by atoms with Crippen LogP contribution in [0.2, 0.25) is 0 Å². The minimum Gasteiger partial charge on any atom is -0.491 e. The second kappa shape index (κ2) is 6.97. The number of hydrogen-bond acceptors (Lipinski definition) is 4. The zero-order chi connectivity index (χ0) is 18.1. The van der Waals surface area contributed by atoms with E-state index in [1.807, 2.05) is 24.3 Å². The summed E-state index contributed by atoms with van der Waals surface area (Å²) in [4.78, 5) is 2.47. The van der Waals surface area contributed by atoms with Crippen molar-refractivity contribution < 1.29 is 9.84 Å². The SMILES string of the molecule is CC1(C)C[C@H]2C[C@](C)(CN2C[C@H](O)COc2ccc(CC#N)cc2)C1. The van der Waals surface area contributed by atoms with Gasteiger partial charge in [-0.05, 0) is 47.8 Å². The molecule has 1 N–H and O–H groups in total. The van der Waals surface area contributed by atoms with E-state index in [-0.39, 0.29) is 0 Å².